The van der Waals surface area contributed by atoms with Crippen LogP contribution in [0.1, 0.15) is 34.6 Å². The number of amides is 3. The molecule has 4 rings (SSSR count). The third-order valence-corrected chi connectivity index (χ3v) is 4.80. The number of aromatic nitrogens is 2. The topological polar surface area (TPSA) is 92.3 Å². The van der Waals surface area contributed by atoms with Gasteiger partial charge in [0.05, 0.1) is 22.3 Å². The number of fused-ring (bicyclic) bond motifs is 2. The maximum atomic E-state index is 13.1. The van der Waals surface area contributed by atoms with Crippen LogP contribution >= 0.6 is 0 Å². The maximum Gasteiger partial charge on any atom is 0.262 e. The second-order valence-electron chi connectivity index (χ2n) is 6.96. The maximum absolute atomic E-state index is 13.1. The highest BCUT2D eigenvalue weighted by atomic mass is 16.2. The van der Waals surface area contributed by atoms with E-state index in [1.54, 1.807) is 68.8 Å². The Kier molecular flexibility index (Phi) is 4.35. The van der Waals surface area contributed by atoms with Gasteiger partial charge in [-0.25, -0.2) is 0 Å². The number of nitrogens with zero attached hydrogens (tertiary/aromatic N) is 3. The first-order valence-corrected chi connectivity index (χ1v) is 8.95. The van der Waals surface area contributed by atoms with Crippen LogP contribution in [0.5, 0.6) is 0 Å². The van der Waals surface area contributed by atoms with Crippen molar-refractivity contribution in [2.75, 3.05) is 5.32 Å². The lowest BCUT2D eigenvalue weighted by Gasteiger charge is -2.28. The number of carbonyl (C=O) groups excluding carboxylic acids is 3. The van der Waals surface area contributed by atoms with Gasteiger partial charge in [-0.1, -0.05) is 26.0 Å². The minimum absolute atomic E-state index is 0.270. The van der Waals surface area contributed by atoms with Gasteiger partial charge in [0.1, 0.15) is 6.04 Å². The molecular weight excluding hydrogens is 356 g/mol. The van der Waals surface area contributed by atoms with Crippen LogP contribution in [0.3, 0.4) is 0 Å². The van der Waals surface area contributed by atoms with Crippen molar-refractivity contribution in [2.45, 2.75) is 19.9 Å². The third kappa shape index (κ3) is 2.81. The monoisotopic (exact) mass is 374 g/mol. The number of anilines is 1. The van der Waals surface area contributed by atoms with Crippen molar-refractivity contribution >= 4 is 34.3 Å². The minimum atomic E-state index is -0.938. The molecule has 0 saturated carbocycles. The zero-order chi connectivity index (χ0) is 19.8. The lowest BCUT2D eigenvalue weighted by molar-refractivity contribution is -0.121. The average Bonchev–Trinajstić information content (AvgIpc) is 2.94. The smallest absolute Gasteiger partial charge is 0.262 e. The molecule has 0 saturated heterocycles. The van der Waals surface area contributed by atoms with Crippen LogP contribution in [-0.4, -0.2) is 38.6 Å². The number of pyridine rings is 2. The van der Waals surface area contributed by atoms with Crippen LogP contribution in [0.25, 0.3) is 10.9 Å². The summed E-state index contributed by atoms with van der Waals surface area (Å²) in [5.74, 6) is -1.60. The molecule has 0 unspecified atom stereocenters. The molecule has 7 nitrogen and oxygen atoms in total. The van der Waals surface area contributed by atoms with Gasteiger partial charge in [0.25, 0.3) is 11.8 Å². The molecule has 1 aromatic carbocycles. The zero-order valence-corrected chi connectivity index (χ0v) is 15.4. The number of hydrogen-bond acceptors (Lipinski definition) is 5. The molecule has 28 heavy (non-hydrogen) atoms. The molecule has 0 bridgehead atoms. The highest BCUT2D eigenvalue weighted by Crippen LogP contribution is 2.28. The molecule has 0 aliphatic carbocycles. The van der Waals surface area contributed by atoms with Gasteiger partial charge < -0.3 is 5.32 Å². The molecule has 1 atom stereocenters. The SMILES string of the molecule is CC(C)[C@@H](C(=O)Nc1ccnc2ccncc12)N1C(=O)c2ccccc2C1=O. The van der Waals surface area contributed by atoms with Crippen molar-refractivity contribution in [3.8, 4) is 0 Å². The second-order valence-corrected chi connectivity index (χ2v) is 6.96. The molecule has 1 aliphatic rings. The Hall–Kier alpha value is -3.61. The van der Waals surface area contributed by atoms with Crippen molar-refractivity contribution in [1.82, 2.24) is 14.9 Å². The summed E-state index contributed by atoms with van der Waals surface area (Å²) >= 11 is 0. The Morgan fingerprint density at radius 1 is 1.00 bits per heavy atom. The third-order valence-electron chi connectivity index (χ3n) is 4.80. The van der Waals surface area contributed by atoms with Gasteiger partial charge in [0.2, 0.25) is 5.91 Å². The van der Waals surface area contributed by atoms with Crippen LogP contribution in [0.2, 0.25) is 0 Å². The Labute approximate surface area is 161 Å². The zero-order valence-electron chi connectivity index (χ0n) is 15.4. The minimum Gasteiger partial charge on any atom is -0.324 e. The fourth-order valence-corrected chi connectivity index (χ4v) is 3.48. The van der Waals surface area contributed by atoms with Gasteiger partial charge in [-0.3, -0.25) is 29.3 Å². The van der Waals surface area contributed by atoms with Gasteiger partial charge in [-0.05, 0) is 30.2 Å². The van der Waals surface area contributed by atoms with Gasteiger partial charge in [-0.15, -0.1) is 0 Å². The molecule has 3 amide bonds. The van der Waals surface area contributed by atoms with E-state index in [0.29, 0.717) is 27.7 Å². The van der Waals surface area contributed by atoms with E-state index >= 15 is 0 Å². The van der Waals surface area contributed by atoms with Crippen molar-refractivity contribution in [3.63, 3.8) is 0 Å². The molecule has 0 radical (unpaired) electrons. The average molecular weight is 374 g/mol. The number of imide groups is 1. The van der Waals surface area contributed by atoms with Crippen LogP contribution in [0.4, 0.5) is 5.69 Å². The summed E-state index contributed by atoms with van der Waals surface area (Å²) in [6, 6.07) is 9.09. The summed E-state index contributed by atoms with van der Waals surface area (Å²) in [5.41, 5.74) is 1.87. The second kappa shape index (κ2) is 6.84. The number of carbonyl (C=O) groups is 3. The van der Waals surface area contributed by atoms with E-state index in [9.17, 15) is 14.4 Å². The van der Waals surface area contributed by atoms with Crippen molar-refractivity contribution in [2.24, 2.45) is 5.92 Å². The first-order valence-electron chi connectivity index (χ1n) is 8.95. The predicted molar refractivity (Wildman–Crippen MR) is 104 cm³/mol. The molecule has 3 aromatic rings. The van der Waals surface area contributed by atoms with Crippen LogP contribution < -0.4 is 5.32 Å². The summed E-state index contributed by atoms with van der Waals surface area (Å²) in [7, 11) is 0. The van der Waals surface area contributed by atoms with Gasteiger partial charge >= 0.3 is 0 Å². The highest BCUT2D eigenvalue weighted by molar-refractivity contribution is 6.23. The fourth-order valence-electron chi connectivity index (χ4n) is 3.48. The van der Waals surface area contributed by atoms with Crippen LogP contribution in [-0.2, 0) is 4.79 Å². The van der Waals surface area contributed by atoms with E-state index in [4.69, 9.17) is 0 Å². The Morgan fingerprint density at radius 3 is 2.32 bits per heavy atom. The summed E-state index contributed by atoms with van der Waals surface area (Å²) in [6.45, 7) is 3.61. The van der Waals surface area contributed by atoms with Gasteiger partial charge in [0, 0.05) is 24.0 Å². The number of nitrogens with one attached hydrogen (secondary N) is 1. The molecule has 7 heteroatoms. The fraction of sp³-hybridized carbons (Fsp3) is 0.190. The Balaban J connectivity index is 1.68. The lowest BCUT2D eigenvalue weighted by atomic mass is 10.0. The normalized spacial score (nSPS) is 14.5. The molecular formula is C21H18N4O3. The molecule has 2 aromatic heterocycles. The Morgan fingerprint density at radius 2 is 1.68 bits per heavy atom. The molecule has 1 aliphatic heterocycles. The standard InChI is InChI=1S/C21H18N4O3/c1-12(2)18(25-20(27)13-5-3-4-6-14(13)21(25)28)19(26)24-17-8-10-23-16-7-9-22-11-15(16)17/h3-12,18H,1-2H3,(H,23,24,26)/t18-/m0/s1. The molecule has 0 fully saturated rings. The summed E-state index contributed by atoms with van der Waals surface area (Å²) in [6.07, 6.45) is 4.82. The van der Waals surface area contributed by atoms with E-state index in [-0.39, 0.29) is 5.92 Å². The summed E-state index contributed by atoms with van der Waals surface area (Å²) < 4.78 is 0. The molecule has 3 heterocycles. The molecule has 1 N–H and O–H groups in total. The van der Waals surface area contributed by atoms with Crippen LogP contribution in [0.15, 0.2) is 55.0 Å². The largest absolute Gasteiger partial charge is 0.324 e. The van der Waals surface area contributed by atoms with E-state index in [2.05, 4.69) is 15.3 Å². The predicted octanol–water partition coefficient (Wildman–Crippen LogP) is 2.89. The summed E-state index contributed by atoms with van der Waals surface area (Å²) in [5, 5.41) is 3.53. The summed E-state index contributed by atoms with van der Waals surface area (Å²) in [4.78, 5) is 48.2. The number of benzene rings is 1. The number of hydrogen-bond donors (Lipinski definition) is 1. The van der Waals surface area contributed by atoms with E-state index in [1.807, 2.05) is 0 Å². The van der Waals surface area contributed by atoms with E-state index < -0.39 is 23.8 Å². The first kappa shape index (κ1) is 17.8. The number of rotatable bonds is 4. The molecule has 140 valence electrons. The van der Waals surface area contributed by atoms with Gasteiger partial charge in [0.15, 0.2) is 0 Å². The van der Waals surface area contributed by atoms with Crippen molar-refractivity contribution < 1.29 is 14.4 Å². The highest BCUT2D eigenvalue weighted by Gasteiger charge is 2.43. The van der Waals surface area contributed by atoms with Crippen molar-refractivity contribution in [3.05, 3.63) is 66.1 Å². The molecule has 0 spiro atoms. The van der Waals surface area contributed by atoms with Crippen molar-refractivity contribution in [1.29, 1.82) is 0 Å². The van der Waals surface area contributed by atoms with Gasteiger partial charge in [-0.2, -0.15) is 0 Å². The van der Waals surface area contributed by atoms with Crippen LogP contribution in [0, 0.1) is 5.92 Å². The van der Waals surface area contributed by atoms with E-state index in [1.165, 1.54) is 0 Å². The quantitative estimate of drug-likeness (QED) is 0.709. The Bertz CT molecular complexity index is 1070. The lowest BCUT2D eigenvalue weighted by Crippen LogP contribution is -2.50. The first-order chi connectivity index (χ1) is 13.5. The van der Waals surface area contributed by atoms with E-state index in [0.717, 1.165) is 4.90 Å².